The number of hydrogen-bond donors (Lipinski definition) is 2. The fourth-order valence-corrected chi connectivity index (χ4v) is 5.05. The van der Waals surface area contributed by atoms with Gasteiger partial charge in [0.1, 0.15) is 0 Å². The van der Waals surface area contributed by atoms with Gasteiger partial charge in [-0.05, 0) is 54.7 Å². The molecule has 0 fully saturated rings. The summed E-state index contributed by atoms with van der Waals surface area (Å²) < 4.78 is 1.84. The van der Waals surface area contributed by atoms with Crippen LogP contribution in [-0.4, -0.2) is 26.7 Å². The van der Waals surface area contributed by atoms with Gasteiger partial charge in [0.15, 0.2) is 5.13 Å². The summed E-state index contributed by atoms with van der Waals surface area (Å²) in [5.74, 6) is -0.175. The smallest absolute Gasteiger partial charge is 0.257 e. The van der Waals surface area contributed by atoms with Crippen LogP contribution in [0.2, 0.25) is 0 Å². The average molecular weight is 455 g/mol. The summed E-state index contributed by atoms with van der Waals surface area (Å²) >= 11 is 1.52. The van der Waals surface area contributed by atoms with E-state index in [0.29, 0.717) is 22.8 Å². The second kappa shape index (κ2) is 8.98. The van der Waals surface area contributed by atoms with Gasteiger partial charge < -0.3 is 5.73 Å². The van der Waals surface area contributed by atoms with Gasteiger partial charge in [-0.25, -0.2) is 4.98 Å². The lowest BCUT2D eigenvalue weighted by atomic mass is 9.99. The van der Waals surface area contributed by atoms with E-state index in [-0.39, 0.29) is 11.9 Å². The lowest BCUT2D eigenvalue weighted by Gasteiger charge is -2.15. The Morgan fingerprint density at radius 1 is 1.24 bits per heavy atom. The summed E-state index contributed by atoms with van der Waals surface area (Å²) in [6, 6.07) is 17.2. The van der Waals surface area contributed by atoms with E-state index in [1.807, 2.05) is 41.2 Å². The molecule has 0 saturated carbocycles. The molecule has 1 aliphatic rings. The van der Waals surface area contributed by atoms with Crippen LogP contribution >= 0.6 is 11.3 Å². The second-order valence-corrected chi connectivity index (χ2v) is 9.25. The van der Waals surface area contributed by atoms with Gasteiger partial charge in [-0.1, -0.05) is 24.3 Å². The van der Waals surface area contributed by atoms with Crippen molar-refractivity contribution in [1.82, 2.24) is 14.8 Å². The molecule has 0 spiro atoms. The summed E-state index contributed by atoms with van der Waals surface area (Å²) in [5, 5.41) is 17.0. The maximum atomic E-state index is 12.8. The van der Waals surface area contributed by atoms with E-state index in [1.165, 1.54) is 16.2 Å². The molecule has 0 bridgehead atoms. The molecular weight excluding hydrogens is 432 g/mol. The van der Waals surface area contributed by atoms with Crippen molar-refractivity contribution in [2.24, 2.45) is 5.73 Å². The third kappa shape index (κ3) is 4.70. The van der Waals surface area contributed by atoms with E-state index >= 15 is 0 Å². The molecule has 164 valence electrons. The summed E-state index contributed by atoms with van der Waals surface area (Å²) in [6.45, 7) is 0.542. The minimum Gasteiger partial charge on any atom is -0.327 e. The molecule has 7 nitrogen and oxygen atoms in total. The van der Waals surface area contributed by atoms with Crippen molar-refractivity contribution in [3.63, 3.8) is 0 Å². The second-order valence-electron chi connectivity index (χ2n) is 8.16. The summed E-state index contributed by atoms with van der Waals surface area (Å²) in [4.78, 5) is 18.6. The first kappa shape index (κ1) is 21.1. The number of anilines is 1. The molecule has 4 aromatic rings. The van der Waals surface area contributed by atoms with Crippen LogP contribution in [0.1, 0.15) is 38.5 Å². The molecule has 2 aromatic heterocycles. The predicted molar refractivity (Wildman–Crippen MR) is 128 cm³/mol. The van der Waals surface area contributed by atoms with Crippen LogP contribution < -0.4 is 11.1 Å². The molecule has 5 rings (SSSR count). The van der Waals surface area contributed by atoms with Gasteiger partial charge in [0.05, 0.1) is 30.1 Å². The van der Waals surface area contributed by atoms with Gasteiger partial charge in [-0.2, -0.15) is 10.4 Å². The van der Waals surface area contributed by atoms with E-state index in [4.69, 9.17) is 11.0 Å². The lowest BCUT2D eigenvalue weighted by Crippen LogP contribution is -2.27. The van der Waals surface area contributed by atoms with Gasteiger partial charge >= 0.3 is 0 Å². The third-order valence-electron chi connectivity index (χ3n) is 5.71. The first-order valence-corrected chi connectivity index (χ1v) is 11.6. The van der Waals surface area contributed by atoms with Gasteiger partial charge in [-0.15, -0.1) is 11.3 Å². The number of amides is 1. The van der Waals surface area contributed by atoms with Crippen LogP contribution in [0.4, 0.5) is 5.13 Å². The van der Waals surface area contributed by atoms with Gasteiger partial charge in [-0.3, -0.25) is 14.8 Å². The molecule has 0 radical (unpaired) electrons. The molecule has 1 amide bonds. The number of nitrogens with zero attached hydrogens (tertiary/aromatic N) is 4. The number of nitrogens with two attached hydrogens (primary N) is 1. The topological polar surface area (TPSA) is 110 Å². The number of aromatic nitrogens is 3. The Bertz CT molecular complexity index is 1350. The number of carbonyl (C=O) groups excluding carboxylic acids is 1. The molecule has 8 heteroatoms. The first-order valence-electron chi connectivity index (χ1n) is 10.7. The van der Waals surface area contributed by atoms with Crippen molar-refractivity contribution in [3.8, 4) is 17.2 Å². The Labute approximate surface area is 195 Å². The van der Waals surface area contributed by atoms with Crippen molar-refractivity contribution in [2.45, 2.75) is 31.8 Å². The van der Waals surface area contributed by atoms with Crippen LogP contribution in [0.3, 0.4) is 0 Å². The third-order valence-corrected chi connectivity index (χ3v) is 6.75. The molecule has 0 saturated heterocycles. The molecule has 3 N–H and O–H groups in total. The number of aryl methyl sites for hydroxylation is 1. The van der Waals surface area contributed by atoms with E-state index < -0.39 is 0 Å². The Hall–Kier alpha value is -3.80. The number of thiazole rings is 1. The van der Waals surface area contributed by atoms with Crippen LogP contribution in [0.25, 0.3) is 11.1 Å². The van der Waals surface area contributed by atoms with Crippen LogP contribution in [0.15, 0.2) is 60.9 Å². The highest BCUT2D eigenvalue weighted by molar-refractivity contribution is 7.15. The van der Waals surface area contributed by atoms with E-state index in [0.717, 1.165) is 41.6 Å². The Kier molecular flexibility index (Phi) is 5.73. The molecule has 2 aromatic carbocycles. The highest BCUT2D eigenvalue weighted by Crippen LogP contribution is 2.29. The molecule has 33 heavy (non-hydrogen) atoms. The normalized spacial score (nSPS) is 15.0. The summed E-state index contributed by atoms with van der Waals surface area (Å²) in [5.41, 5.74) is 11.3. The number of carbonyl (C=O) groups is 1. The monoisotopic (exact) mass is 454 g/mol. The zero-order valence-corrected chi connectivity index (χ0v) is 18.7. The number of benzene rings is 2. The first-order chi connectivity index (χ1) is 16.1. The average Bonchev–Trinajstić information content (AvgIpc) is 3.45. The number of nitriles is 1. The van der Waals surface area contributed by atoms with Crippen molar-refractivity contribution in [1.29, 1.82) is 5.26 Å². The predicted octanol–water partition coefficient (Wildman–Crippen LogP) is 3.99. The molecule has 0 aliphatic heterocycles. The molecule has 0 unspecified atom stereocenters. The Morgan fingerprint density at radius 3 is 2.91 bits per heavy atom. The Balaban J connectivity index is 1.27. The largest absolute Gasteiger partial charge is 0.327 e. The van der Waals surface area contributed by atoms with Gasteiger partial charge in [0, 0.05) is 28.2 Å². The van der Waals surface area contributed by atoms with Crippen molar-refractivity contribution in [3.05, 3.63) is 88.2 Å². The van der Waals surface area contributed by atoms with Crippen molar-refractivity contribution in [2.75, 3.05) is 5.32 Å². The lowest BCUT2D eigenvalue weighted by molar-refractivity contribution is 0.102. The van der Waals surface area contributed by atoms with Crippen LogP contribution in [0.5, 0.6) is 0 Å². The van der Waals surface area contributed by atoms with Gasteiger partial charge in [0.2, 0.25) is 0 Å². The van der Waals surface area contributed by atoms with Crippen molar-refractivity contribution < 1.29 is 4.79 Å². The number of hydrogen-bond acceptors (Lipinski definition) is 6. The van der Waals surface area contributed by atoms with Crippen LogP contribution in [-0.2, 0) is 19.4 Å². The highest BCUT2D eigenvalue weighted by Gasteiger charge is 2.21. The molecular formula is C25H22N6OS. The fraction of sp³-hybridized carbons (Fsp3) is 0.200. The minimum atomic E-state index is -0.175. The zero-order chi connectivity index (χ0) is 22.8. The SMILES string of the molecule is N#Cc1ccc(-c2cnn(Cc3cccc(C(=O)Nc4nc5c(s4)C[C@@H](N)CC5)c3)c2)cc1. The molecule has 1 aliphatic carbocycles. The highest BCUT2D eigenvalue weighted by atomic mass is 32.1. The van der Waals surface area contributed by atoms with E-state index in [2.05, 4.69) is 21.5 Å². The molecule has 2 heterocycles. The van der Waals surface area contributed by atoms with Crippen molar-refractivity contribution >= 4 is 22.4 Å². The number of rotatable bonds is 5. The fourth-order valence-electron chi connectivity index (χ4n) is 3.96. The van der Waals surface area contributed by atoms with E-state index in [1.54, 1.807) is 24.4 Å². The zero-order valence-electron chi connectivity index (χ0n) is 17.9. The van der Waals surface area contributed by atoms with E-state index in [9.17, 15) is 4.79 Å². The molecule has 1 atom stereocenters. The van der Waals surface area contributed by atoms with Crippen LogP contribution in [0, 0.1) is 11.3 Å². The standard InChI is InChI=1S/C25H22N6OS/c26-12-16-4-6-18(7-5-16)20-13-28-31(15-20)14-17-2-1-3-19(10-17)24(32)30-25-29-22-9-8-21(27)11-23(22)33-25/h1-7,10,13,15,21H,8-9,11,14,27H2,(H,29,30,32)/t21-/m0/s1. The van der Waals surface area contributed by atoms with Gasteiger partial charge in [0.25, 0.3) is 5.91 Å². The maximum absolute atomic E-state index is 12.8. The number of fused-ring (bicyclic) bond motifs is 1. The quantitative estimate of drug-likeness (QED) is 0.474. The minimum absolute atomic E-state index is 0.175. The summed E-state index contributed by atoms with van der Waals surface area (Å²) in [6.07, 6.45) is 6.39. The Morgan fingerprint density at radius 2 is 2.09 bits per heavy atom. The maximum Gasteiger partial charge on any atom is 0.257 e. The number of nitrogens with one attached hydrogen (secondary N) is 1. The summed E-state index contributed by atoms with van der Waals surface area (Å²) in [7, 11) is 0.